The van der Waals surface area contributed by atoms with Gasteiger partial charge in [-0.05, 0) is 12.1 Å². The maximum Gasteiger partial charge on any atom is 0.404 e. The lowest BCUT2D eigenvalue weighted by molar-refractivity contribution is 0.148. The summed E-state index contributed by atoms with van der Waals surface area (Å²) < 4.78 is 4.52. The van der Waals surface area contributed by atoms with Crippen molar-refractivity contribution in [2.75, 3.05) is 0 Å². The first-order valence-electron chi connectivity index (χ1n) is 3.70. The van der Waals surface area contributed by atoms with Crippen LogP contribution in [-0.2, 0) is 18.0 Å². The first-order chi connectivity index (χ1) is 6.22. The number of ether oxygens (including phenoxy) is 1. The SMILES string of the molecule is NC(=O)OCc1cccc(CO)n1. The third-order valence-corrected chi connectivity index (χ3v) is 1.39. The van der Waals surface area contributed by atoms with E-state index in [1.54, 1.807) is 18.2 Å². The molecular weight excluding hydrogens is 172 g/mol. The van der Waals surface area contributed by atoms with E-state index in [2.05, 4.69) is 9.72 Å². The zero-order chi connectivity index (χ0) is 9.68. The van der Waals surface area contributed by atoms with E-state index in [0.29, 0.717) is 11.4 Å². The van der Waals surface area contributed by atoms with Crippen molar-refractivity contribution < 1.29 is 14.6 Å². The maximum atomic E-state index is 10.2. The van der Waals surface area contributed by atoms with E-state index >= 15 is 0 Å². The first-order valence-corrected chi connectivity index (χ1v) is 3.70. The first kappa shape index (κ1) is 9.47. The molecule has 1 heterocycles. The highest BCUT2D eigenvalue weighted by Crippen LogP contribution is 2.00. The Bertz CT molecular complexity index is 301. The molecule has 1 amide bonds. The second kappa shape index (κ2) is 4.42. The number of amides is 1. The Labute approximate surface area is 75.2 Å². The third-order valence-electron chi connectivity index (χ3n) is 1.39. The van der Waals surface area contributed by atoms with Gasteiger partial charge in [0.05, 0.1) is 18.0 Å². The lowest BCUT2D eigenvalue weighted by atomic mass is 10.3. The molecule has 1 rings (SSSR count). The molecule has 1 aromatic heterocycles. The average molecular weight is 182 g/mol. The van der Waals surface area contributed by atoms with Crippen molar-refractivity contribution in [3.63, 3.8) is 0 Å². The highest BCUT2D eigenvalue weighted by molar-refractivity contribution is 5.64. The largest absolute Gasteiger partial charge is 0.443 e. The number of hydrogen-bond acceptors (Lipinski definition) is 4. The number of hydrogen-bond donors (Lipinski definition) is 2. The molecule has 0 aliphatic rings. The van der Waals surface area contributed by atoms with Gasteiger partial charge in [0.1, 0.15) is 6.61 Å². The van der Waals surface area contributed by atoms with Crippen LogP contribution in [0.1, 0.15) is 11.4 Å². The van der Waals surface area contributed by atoms with Crippen LogP contribution < -0.4 is 5.73 Å². The molecule has 0 aliphatic carbocycles. The fraction of sp³-hybridized carbons (Fsp3) is 0.250. The molecule has 0 bridgehead atoms. The number of nitrogens with zero attached hydrogens (tertiary/aromatic N) is 1. The van der Waals surface area contributed by atoms with Gasteiger partial charge in [-0.1, -0.05) is 6.07 Å². The van der Waals surface area contributed by atoms with Gasteiger partial charge in [-0.25, -0.2) is 4.79 Å². The van der Waals surface area contributed by atoms with E-state index in [1.165, 1.54) is 0 Å². The summed E-state index contributed by atoms with van der Waals surface area (Å²) >= 11 is 0. The summed E-state index contributed by atoms with van der Waals surface area (Å²) in [6.45, 7) is -0.104. The Morgan fingerprint density at radius 3 is 2.85 bits per heavy atom. The van der Waals surface area contributed by atoms with Crippen molar-refractivity contribution in [1.82, 2.24) is 4.98 Å². The molecule has 0 atom stereocenters. The van der Waals surface area contributed by atoms with E-state index in [1.807, 2.05) is 0 Å². The number of aromatic nitrogens is 1. The molecule has 70 valence electrons. The molecular formula is C8H10N2O3. The fourth-order valence-electron chi connectivity index (χ4n) is 0.843. The molecule has 0 unspecified atom stereocenters. The summed E-state index contributed by atoms with van der Waals surface area (Å²) in [5.41, 5.74) is 5.87. The van der Waals surface area contributed by atoms with Gasteiger partial charge >= 0.3 is 6.09 Å². The second-order valence-corrected chi connectivity index (χ2v) is 2.39. The van der Waals surface area contributed by atoms with Gasteiger partial charge < -0.3 is 15.6 Å². The lowest BCUT2D eigenvalue weighted by Crippen LogP contribution is -2.13. The minimum Gasteiger partial charge on any atom is -0.443 e. The van der Waals surface area contributed by atoms with Crippen LogP contribution >= 0.6 is 0 Å². The minimum atomic E-state index is -0.837. The number of aliphatic hydroxyl groups is 1. The minimum absolute atomic E-state index is 0.0309. The van der Waals surface area contributed by atoms with E-state index in [0.717, 1.165) is 0 Å². The van der Waals surface area contributed by atoms with E-state index in [4.69, 9.17) is 10.8 Å². The van der Waals surface area contributed by atoms with Gasteiger partial charge in [0.15, 0.2) is 0 Å². The van der Waals surface area contributed by atoms with Crippen molar-refractivity contribution in [3.05, 3.63) is 29.6 Å². The number of carbonyl (C=O) groups excluding carboxylic acids is 1. The van der Waals surface area contributed by atoms with Gasteiger partial charge in [-0.2, -0.15) is 0 Å². The van der Waals surface area contributed by atoms with Crippen LogP contribution in [-0.4, -0.2) is 16.2 Å². The van der Waals surface area contributed by atoms with Crippen molar-refractivity contribution in [2.45, 2.75) is 13.2 Å². The molecule has 0 radical (unpaired) electrons. The standard InChI is InChI=1S/C8H10N2O3/c9-8(12)13-5-7-3-1-2-6(4-11)10-7/h1-3,11H,4-5H2,(H2,9,12). The Hall–Kier alpha value is -1.62. The Morgan fingerprint density at radius 1 is 1.54 bits per heavy atom. The lowest BCUT2D eigenvalue weighted by Gasteiger charge is -2.02. The molecule has 0 spiro atoms. The van der Waals surface area contributed by atoms with Gasteiger partial charge in [0.2, 0.25) is 0 Å². The number of pyridine rings is 1. The average Bonchev–Trinajstić information content (AvgIpc) is 2.15. The molecule has 1 aromatic rings. The van der Waals surface area contributed by atoms with Gasteiger partial charge in [-0.3, -0.25) is 4.98 Å². The summed E-state index contributed by atoms with van der Waals surface area (Å²) in [6.07, 6.45) is -0.837. The number of primary amides is 1. The molecule has 0 fully saturated rings. The van der Waals surface area contributed by atoms with E-state index < -0.39 is 6.09 Å². The number of carbonyl (C=O) groups is 1. The highest BCUT2D eigenvalue weighted by atomic mass is 16.5. The van der Waals surface area contributed by atoms with Gasteiger partial charge in [0.25, 0.3) is 0 Å². The Morgan fingerprint density at radius 2 is 2.23 bits per heavy atom. The van der Waals surface area contributed by atoms with Crippen molar-refractivity contribution in [2.24, 2.45) is 5.73 Å². The predicted molar refractivity (Wildman–Crippen MR) is 44.5 cm³/mol. The van der Waals surface area contributed by atoms with Crippen molar-refractivity contribution in [1.29, 1.82) is 0 Å². The zero-order valence-electron chi connectivity index (χ0n) is 6.93. The molecule has 0 aromatic carbocycles. The Kier molecular flexibility index (Phi) is 3.22. The van der Waals surface area contributed by atoms with Crippen LogP contribution in [0.2, 0.25) is 0 Å². The number of nitrogens with two attached hydrogens (primary N) is 1. The maximum absolute atomic E-state index is 10.2. The zero-order valence-corrected chi connectivity index (χ0v) is 6.93. The molecule has 0 aliphatic heterocycles. The summed E-state index contributed by atoms with van der Waals surface area (Å²) in [6, 6.07) is 5.08. The van der Waals surface area contributed by atoms with Crippen LogP contribution in [0.25, 0.3) is 0 Å². The van der Waals surface area contributed by atoms with Crippen LogP contribution in [0.4, 0.5) is 4.79 Å². The van der Waals surface area contributed by atoms with Gasteiger partial charge in [0, 0.05) is 0 Å². The van der Waals surface area contributed by atoms with Crippen LogP contribution in [0.5, 0.6) is 0 Å². The quantitative estimate of drug-likeness (QED) is 0.697. The molecule has 13 heavy (non-hydrogen) atoms. The third kappa shape index (κ3) is 3.08. The fourth-order valence-corrected chi connectivity index (χ4v) is 0.843. The number of rotatable bonds is 3. The molecule has 5 heteroatoms. The van der Waals surface area contributed by atoms with Crippen molar-refractivity contribution in [3.8, 4) is 0 Å². The van der Waals surface area contributed by atoms with Crippen LogP contribution in [0, 0.1) is 0 Å². The molecule has 3 N–H and O–H groups in total. The Balaban J connectivity index is 2.61. The summed E-state index contributed by atoms with van der Waals surface area (Å²) in [5, 5.41) is 8.74. The monoisotopic (exact) mass is 182 g/mol. The summed E-state index contributed by atoms with van der Waals surface area (Å²) in [7, 11) is 0. The molecule has 0 saturated heterocycles. The molecule has 5 nitrogen and oxygen atoms in total. The predicted octanol–water partition coefficient (Wildman–Crippen LogP) is 0.169. The van der Waals surface area contributed by atoms with Gasteiger partial charge in [-0.15, -0.1) is 0 Å². The smallest absolute Gasteiger partial charge is 0.404 e. The summed E-state index contributed by atoms with van der Waals surface area (Å²) in [5.74, 6) is 0. The second-order valence-electron chi connectivity index (χ2n) is 2.39. The number of aliphatic hydroxyl groups excluding tert-OH is 1. The van der Waals surface area contributed by atoms with Crippen molar-refractivity contribution >= 4 is 6.09 Å². The highest BCUT2D eigenvalue weighted by Gasteiger charge is 1.99. The van der Waals surface area contributed by atoms with E-state index in [9.17, 15) is 4.79 Å². The summed E-state index contributed by atoms with van der Waals surface area (Å²) in [4.78, 5) is 14.2. The van der Waals surface area contributed by atoms with Crippen LogP contribution in [0.3, 0.4) is 0 Å². The van der Waals surface area contributed by atoms with E-state index in [-0.39, 0.29) is 13.2 Å². The molecule has 0 saturated carbocycles. The topological polar surface area (TPSA) is 85.4 Å². The van der Waals surface area contributed by atoms with Crippen LogP contribution in [0.15, 0.2) is 18.2 Å². The normalized spacial score (nSPS) is 9.62.